The van der Waals surface area contributed by atoms with Crippen LogP contribution >= 0.6 is 0 Å². The van der Waals surface area contributed by atoms with Gasteiger partial charge in [0.1, 0.15) is 11.6 Å². The van der Waals surface area contributed by atoms with Gasteiger partial charge in [-0.2, -0.15) is 0 Å². The van der Waals surface area contributed by atoms with E-state index in [1.807, 2.05) is 30.3 Å². The number of carbonyl (C=O) groups is 2. The molecule has 1 aromatic carbocycles. The molecule has 2 rings (SSSR count). The van der Waals surface area contributed by atoms with Crippen molar-refractivity contribution in [1.82, 2.24) is 10.2 Å². The lowest BCUT2D eigenvalue weighted by atomic mass is 9.94. The second kappa shape index (κ2) is 4.44. The summed E-state index contributed by atoms with van der Waals surface area (Å²) in [4.78, 5) is 25.7. The summed E-state index contributed by atoms with van der Waals surface area (Å²) >= 11 is 0. The summed E-state index contributed by atoms with van der Waals surface area (Å²) in [6, 6.07) is 9.24. The van der Waals surface area contributed by atoms with Crippen molar-refractivity contribution in [2.75, 3.05) is 7.05 Å². The van der Waals surface area contributed by atoms with E-state index in [2.05, 4.69) is 5.32 Å². The van der Waals surface area contributed by atoms with Gasteiger partial charge < -0.3 is 10.2 Å². The van der Waals surface area contributed by atoms with E-state index in [0.717, 1.165) is 5.56 Å². The number of nitrogens with zero attached hydrogens (tertiary/aromatic N) is 1. The van der Waals surface area contributed by atoms with Crippen molar-refractivity contribution in [3.63, 3.8) is 0 Å². The molecule has 4 heteroatoms. The molecule has 1 aliphatic rings. The standard InChI is InChI=1S/C14H18N2O2/c1-14(2)13(18)15-11(12(17)16(14)3)9-10-7-5-4-6-8-10/h4-8,11H,9H2,1-3H3,(H,15,18). The minimum Gasteiger partial charge on any atom is -0.342 e. The van der Waals surface area contributed by atoms with Crippen LogP contribution in [0.3, 0.4) is 0 Å². The van der Waals surface area contributed by atoms with E-state index in [-0.39, 0.29) is 11.8 Å². The lowest BCUT2D eigenvalue weighted by Gasteiger charge is -2.42. The molecule has 0 bridgehead atoms. The second-order valence-electron chi connectivity index (χ2n) is 5.17. The Balaban J connectivity index is 2.17. The number of amides is 2. The predicted molar refractivity (Wildman–Crippen MR) is 68.9 cm³/mol. The summed E-state index contributed by atoms with van der Waals surface area (Å²) in [5.41, 5.74) is 0.272. The molecule has 18 heavy (non-hydrogen) atoms. The summed E-state index contributed by atoms with van der Waals surface area (Å²) in [5, 5.41) is 2.81. The van der Waals surface area contributed by atoms with Crippen LogP contribution in [0.1, 0.15) is 19.4 Å². The molecule has 1 fully saturated rings. The van der Waals surface area contributed by atoms with Crippen molar-refractivity contribution in [2.24, 2.45) is 0 Å². The summed E-state index contributed by atoms with van der Waals surface area (Å²) in [7, 11) is 1.68. The van der Waals surface area contributed by atoms with Crippen LogP contribution in [0.4, 0.5) is 0 Å². The van der Waals surface area contributed by atoms with E-state index >= 15 is 0 Å². The summed E-state index contributed by atoms with van der Waals surface area (Å²) in [6.45, 7) is 3.50. The van der Waals surface area contributed by atoms with Crippen LogP contribution < -0.4 is 5.32 Å². The smallest absolute Gasteiger partial charge is 0.246 e. The van der Waals surface area contributed by atoms with Crippen LogP contribution in [0, 0.1) is 0 Å². The van der Waals surface area contributed by atoms with Crippen molar-refractivity contribution in [1.29, 1.82) is 0 Å². The van der Waals surface area contributed by atoms with Gasteiger partial charge in [-0.3, -0.25) is 9.59 Å². The monoisotopic (exact) mass is 246 g/mol. The van der Waals surface area contributed by atoms with Gasteiger partial charge in [0.2, 0.25) is 11.8 Å². The molecule has 1 N–H and O–H groups in total. The first-order valence-corrected chi connectivity index (χ1v) is 6.05. The molecule has 0 radical (unpaired) electrons. The van der Waals surface area contributed by atoms with E-state index in [1.165, 1.54) is 4.90 Å². The number of likely N-dealkylation sites (N-methyl/N-ethyl adjacent to an activating group) is 1. The van der Waals surface area contributed by atoms with E-state index in [0.29, 0.717) is 6.42 Å². The van der Waals surface area contributed by atoms with Crippen molar-refractivity contribution in [2.45, 2.75) is 31.8 Å². The maximum atomic E-state index is 12.2. The minimum atomic E-state index is -0.774. The number of benzene rings is 1. The third-order valence-electron chi connectivity index (χ3n) is 3.61. The Morgan fingerprint density at radius 2 is 1.83 bits per heavy atom. The molecule has 0 saturated carbocycles. The Morgan fingerprint density at radius 1 is 1.22 bits per heavy atom. The third-order valence-corrected chi connectivity index (χ3v) is 3.61. The molecule has 0 spiro atoms. The van der Waals surface area contributed by atoms with Crippen molar-refractivity contribution < 1.29 is 9.59 Å². The first-order chi connectivity index (χ1) is 8.43. The van der Waals surface area contributed by atoms with Gasteiger partial charge in [0.15, 0.2) is 0 Å². The Hall–Kier alpha value is -1.84. The van der Waals surface area contributed by atoms with Crippen LogP contribution in [0.2, 0.25) is 0 Å². The van der Waals surface area contributed by atoms with Crippen molar-refractivity contribution in [3.8, 4) is 0 Å². The van der Waals surface area contributed by atoms with E-state index in [1.54, 1.807) is 20.9 Å². The van der Waals surface area contributed by atoms with Crippen molar-refractivity contribution >= 4 is 11.8 Å². The molecular weight excluding hydrogens is 228 g/mol. The van der Waals surface area contributed by atoms with Crippen LogP contribution in [0.15, 0.2) is 30.3 Å². The number of hydrogen-bond acceptors (Lipinski definition) is 2. The molecule has 1 aromatic rings. The second-order valence-corrected chi connectivity index (χ2v) is 5.17. The quantitative estimate of drug-likeness (QED) is 0.845. The molecule has 0 aromatic heterocycles. The lowest BCUT2D eigenvalue weighted by molar-refractivity contribution is -0.153. The van der Waals surface area contributed by atoms with Gasteiger partial charge in [0.05, 0.1) is 0 Å². The van der Waals surface area contributed by atoms with Gasteiger partial charge in [-0.1, -0.05) is 30.3 Å². The molecule has 96 valence electrons. The Labute approximate surface area is 107 Å². The van der Waals surface area contributed by atoms with Crippen LogP contribution in [-0.2, 0) is 16.0 Å². The molecule has 2 amide bonds. The van der Waals surface area contributed by atoms with Gasteiger partial charge in [-0.15, -0.1) is 0 Å². The van der Waals surface area contributed by atoms with Gasteiger partial charge >= 0.3 is 0 Å². The van der Waals surface area contributed by atoms with E-state index in [9.17, 15) is 9.59 Å². The zero-order chi connectivity index (χ0) is 13.3. The zero-order valence-electron chi connectivity index (χ0n) is 10.9. The largest absolute Gasteiger partial charge is 0.342 e. The molecule has 1 saturated heterocycles. The summed E-state index contributed by atoms with van der Waals surface area (Å²) in [6.07, 6.45) is 0.534. The average molecular weight is 246 g/mol. The van der Waals surface area contributed by atoms with Gasteiger partial charge in [-0.05, 0) is 19.4 Å². The van der Waals surface area contributed by atoms with E-state index < -0.39 is 11.6 Å². The Morgan fingerprint density at radius 3 is 2.44 bits per heavy atom. The fourth-order valence-electron chi connectivity index (χ4n) is 2.05. The molecule has 1 unspecified atom stereocenters. The Kier molecular flexibility index (Phi) is 3.11. The third kappa shape index (κ3) is 2.10. The highest BCUT2D eigenvalue weighted by atomic mass is 16.2. The fraction of sp³-hybridized carbons (Fsp3) is 0.429. The Bertz CT molecular complexity index is 468. The van der Waals surface area contributed by atoms with E-state index in [4.69, 9.17) is 0 Å². The number of rotatable bonds is 2. The number of nitrogens with one attached hydrogen (secondary N) is 1. The van der Waals surface area contributed by atoms with Gasteiger partial charge in [0.25, 0.3) is 0 Å². The molecule has 1 aliphatic heterocycles. The van der Waals surface area contributed by atoms with Gasteiger partial charge in [0, 0.05) is 13.5 Å². The van der Waals surface area contributed by atoms with Crippen LogP contribution in [0.25, 0.3) is 0 Å². The topological polar surface area (TPSA) is 49.4 Å². The molecule has 0 aliphatic carbocycles. The van der Waals surface area contributed by atoms with Crippen molar-refractivity contribution in [3.05, 3.63) is 35.9 Å². The number of carbonyl (C=O) groups excluding carboxylic acids is 2. The molecule has 1 atom stereocenters. The van der Waals surface area contributed by atoms with Crippen LogP contribution in [0.5, 0.6) is 0 Å². The maximum Gasteiger partial charge on any atom is 0.246 e. The highest BCUT2D eigenvalue weighted by Crippen LogP contribution is 2.20. The first-order valence-electron chi connectivity index (χ1n) is 6.05. The number of piperazine rings is 1. The highest BCUT2D eigenvalue weighted by molar-refractivity contribution is 5.99. The first kappa shape index (κ1) is 12.6. The maximum absolute atomic E-state index is 12.2. The normalized spacial score (nSPS) is 22.8. The number of hydrogen-bond donors (Lipinski definition) is 1. The molecule has 1 heterocycles. The van der Waals surface area contributed by atoms with Crippen LogP contribution in [-0.4, -0.2) is 35.3 Å². The average Bonchev–Trinajstić information content (AvgIpc) is 2.35. The lowest BCUT2D eigenvalue weighted by Crippen LogP contribution is -2.67. The molecular formula is C14H18N2O2. The minimum absolute atomic E-state index is 0.0385. The fourth-order valence-corrected chi connectivity index (χ4v) is 2.05. The summed E-state index contributed by atoms with van der Waals surface area (Å²) in [5.74, 6) is -0.144. The molecule has 4 nitrogen and oxygen atoms in total. The SMILES string of the molecule is CN1C(=O)C(Cc2ccccc2)NC(=O)C1(C)C. The predicted octanol–water partition coefficient (Wildman–Crippen LogP) is 0.964. The van der Waals surface area contributed by atoms with Gasteiger partial charge in [-0.25, -0.2) is 0 Å². The summed E-state index contributed by atoms with van der Waals surface area (Å²) < 4.78 is 0. The highest BCUT2D eigenvalue weighted by Gasteiger charge is 2.43. The zero-order valence-corrected chi connectivity index (χ0v) is 10.9.